The predicted molar refractivity (Wildman–Crippen MR) is 73.7 cm³/mol. The van der Waals surface area contributed by atoms with Gasteiger partial charge in [-0.15, -0.1) is 11.3 Å². The Bertz CT molecular complexity index is 642. The molecule has 0 atom stereocenters. The first-order valence-electron chi connectivity index (χ1n) is 5.61. The number of rotatable bonds is 3. The van der Waals surface area contributed by atoms with Crippen LogP contribution in [0.4, 0.5) is 10.8 Å². The van der Waals surface area contributed by atoms with Crippen LogP contribution in [0, 0.1) is 6.92 Å². The highest BCUT2D eigenvalue weighted by Gasteiger charge is 2.05. The maximum absolute atomic E-state index is 4.54. The third-order valence-electron chi connectivity index (χ3n) is 2.59. The van der Waals surface area contributed by atoms with E-state index in [1.165, 1.54) is 0 Å². The van der Waals surface area contributed by atoms with Crippen molar-refractivity contribution in [1.29, 1.82) is 0 Å². The van der Waals surface area contributed by atoms with Crippen LogP contribution in [-0.2, 0) is 0 Å². The minimum atomic E-state index is 0.879. The number of anilines is 2. The molecule has 0 saturated carbocycles. The van der Waals surface area contributed by atoms with E-state index >= 15 is 0 Å². The Morgan fingerprint density at radius 2 is 2.06 bits per heavy atom. The average Bonchev–Trinajstić information content (AvgIpc) is 2.99. The van der Waals surface area contributed by atoms with Gasteiger partial charge < -0.3 is 5.32 Å². The van der Waals surface area contributed by atoms with Crippen molar-refractivity contribution in [2.24, 2.45) is 0 Å². The van der Waals surface area contributed by atoms with Crippen LogP contribution in [0.3, 0.4) is 0 Å². The van der Waals surface area contributed by atoms with Crippen molar-refractivity contribution >= 4 is 22.2 Å². The first kappa shape index (κ1) is 11.0. The summed E-state index contributed by atoms with van der Waals surface area (Å²) >= 11 is 1.58. The maximum Gasteiger partial charge on any atom is 0.189 e. The van der Waals surface area contributed by atoms with Gasteiger partial charge >= 0.3 is 0 Å². The number of aromatic nitrogens is 3. The number of nitrogens with zero attached hydrogens (tertiary/aromatic N) is 3. The highest BCUT2D eigenvalue weighted by molar-refractivity contribution is 7.14. The van der Waals surface area contributed by atoms with Crippen molar-refractivity contribution in [3.63, 3.8) is 0 Å². The largest absolute Gasteiger partial charge is 0.331 e. The van der Waals surface area contributed by atoms with E-state index < -0.39 is 0 Å². The van der Waals surface area contributed by atoms with Crippen LogP contribution in [0.5, 0.6) is 0 Å². The summed E-state index contributed by atoms with van der Waals surface area (Å²) in [7, 11) is 0. The molecule has 1 aromatic carbocycles. The van der Waals surface area contributed by atoms with Crippen molar-refractivity contribution in [2.45, 2.75) is 6.92 Å². The zero-order chi connectivity index (χ0) is 12.4. The van der Waals surface area contributed by atoms with Gasteiger partial charge in [0.25, 0.3) is 0 Å². The van der Waals surface area contributed by atoms with Crippen molar-refractivity contribution < 1.29 is 0 Å². The molecule has 0 radical (unpaired) electrons. The summed E-state index contributed by atoms with van der Waals surface area (Å²) < 4.78 is 1.96. The number of benzene rings is 1. The second kappa shape index (κ2) is 4.62. The average molecular weight is 256 g/mol. The first-order chi connectivity index (χ1) is 8.83. The Balaban J connectivity index is 1.84. The van der Waals surface area contributed by atoms with Gasteiger partial charge in [0.1, 0.15) is 5.82 Å². The SMILES string of the molecule is Cc1nccn1-c1csc(Nc2ccccc2)n1. The van der Waals surface area contributed by atoms with Gasteiger partial charge in [-0.05, 0) is 19.1 Å². The predicted octanol–water partition coefficient (Wildman–Crippen LogP) is 3.38. The van der Waals surface area contributed by atoms with Crippen LogP contribution in [0.15, 0.2) is 48.1 Å². The molecule has 0 aliphatic rings. The molecule has 3 aromatic rings. The van der Waals surface area contributed by atoms with Crippen LogP contribution in [0.2, 0.25) is 0 Å². The van der Waals surface area contributed by atoms with Gasteiger partial charge in [-0.2, -0.15) is 0 Å². The van der Waals surface area contributed by atoms with Crippen molar-refractivity contribution in [3.05, 3.63) is 53.9 Å². The Morgan fingerprint density at radius 1 is 1.22 bits per heavy atom. The monoisotopic (exact) mass is 256 g/mol. The maximum atomic E-state index is 4.54. The molecule has 1 N–H and O–H groups in total. The number of imidazole rings is 1. The van der Waals surface area contributed by atoms with Crippen molar-refractivity contribution in [2.75, 3.05) is 5.32 Å². The molecule has 0 bridgehead atoms. The minimum absolute atomic E-state index is 0.879. The van der Waals surface area contributed by atoms with E-state index in [4.69, 9.17) is 0 Å². The molecule has 2 aromatic heterocycles. The van der Waals surface area contributed by atoms with E-state index in [0.29, 0.717) is 0 Å². The summed E-state index contributed by atoms with van der Waals surface area (Å²) in [5.74, 6) is 1.83. The summed E-state index contributed by atoms with van der Waals surface area (Å²) in [6.45, 7) is 1.96. The molecule has 18 heavy (non-hydrogen) atoms. The molecule has 3 rings (SSSR count). The number of nitrogens with one attached hydrogen (secondary N) is 1. The molecule has 0 aliphatic carbocycles. The number of thiazole rings is 1. The smallest absolute Gasteiger partial charge is 0.189 e. The summed E-state index contributed by atoms with van der Waals surface area (Å²) in [4.78, 5) is 8.73. The van der Waals surface area contributed by atoms with Gasteiger partial charge in [0.05, 0.1) is 0 Å². The van der Waals surface area contributed by atoms with E-state index in [1.54, 1.807) is 17.5 Å². The summed E-state index contributed by atoms with van der Waals surface area (Å²) in [6, 6.07) is 10.0. The Hall–Kier alpha value is -2.14. The molecule has 0 saturated heterocycles. The van der Waals surface area contributed by atoms with E-state index in [1.807, 2.05) is 53.4 Å². The molecule has 0 fully saturated rings. The fourth-order valence-corrected chi connectivity index (χ4v) is 2.40. The van der Waals surface area contributed by atoms with Gasteiger partial charge in [0.2, 0.25) is 0 Å². The molecule has 0 amide bonds. The van der Waals surface area contributed by atoms with Crippen LogP contribution >= 0.6 is 11.3 Å². The topological polar surface area (TPSA) is 42.7 Å². The zero-order valence-electron chi connectivity index (χ0n) is 9.87. The first-order valence-corrected chi connectivity index (χ1v) is 6.49. The van der Waals surface area contributed by atoms with Gasteiger partial charge in [-0.1, -0.05) is 18.2 Å². The third-order valence-corrected chi connectivity index (χ3v) is 3.33. The lowest BCUT2D eigenvalue weighted by Crippen LogP contribution is -1.96. The number of hydrogen-bond donors (Lipinski definition) is 1. The molecule has 2 heterocycles. The van der Waals surface area contributed by atoms with E-state index in [2.05, 4.69) is 15.3 Å². The molecule has 0 aliphatic heterocycles. The number of hydrogen-bond acceptors (Lipinski definition) is 4. The van der Waals surface area contributed by atoms with Gasteiger partial charge in [-0.3, -0.25) is 4.57 Å². The van der Waals surface area contributed by atoms with Gasteiger partial charge in [0, 0.05) is 23.5 Å². The number of aryl methyl sites for hydroxylation is 1. The second-order valence-electron chi connectivity index (χ2n) is 3.85. The molecule has 5 heteroatoms. The van der Waals surface area contributed by atoms with Crippen LogP contribution in [0.1, 0.15) is 5.82 Å². The summed E-state index contributed by atoms with van der Waals surface area (Å²) in [5, 5.41) is 6.17. The second-order valence-corrected chi connectivity index (χ2v) is 4.70. The lowest BCUT2D eigenvalue weighted by molar-refractivity contribution is 0.945. The molecule has 90 valence electrons. The fourth-order valence-electron chi connectivity index (χ4n) is 1.70. The Labute approximate surface area is 109 Å². The summed E-state index contributed by atoms with van der Waals surface area (Å²) in [5.41, 5.74) is 1.04. The molecule has 4 nitrogen and oxygen atoms in total. The highest BCUT2D eigenvalue weighted by Crippen LogP contribution is 2.22. The van der Waals surface area contributed by atoms with Crippen LogP contribution in [0.25, 0.3) is 5.82 Å². The minimum Gasteiger partial charge on any atom is -0.331 e. The quantitative estimate of drug-likeness (QED) is 0.781. The molecule has 0 spiro atoms. The van der Waals surface area contributed by atoms with Crippen molar-refractivity contribution in [1.82, 2.24) is 14.5 Å². The summed E-state index contributed by atoms with van der Waals surface area (Å²) in [6.07, 6.45) is 3.69. The van der Waals surface area contributed by atoms with Crippen LogP contribution < -0.4 is 5.32 Å². The Kier molecular flexibility index (Phi) is 2.82. The standard InChI is InChI=1S/C13H12N4S/c1-10-14-7-8-17(10)12-9-18-13(16-12)15-11-5-3-2-4-6-11/h2-9H,1H3,(H,15,16). The lowest BCUT2D eigenvalue weighted by Gasteiger charge is -2.01. The fraction of sp³-hybridized carbons (Fsp3) is 0.0769. The van der Waals surface area contributed by atoms with E-state index in [-0.39, 0.29) is 0 Å². The van der Waals surface area contributed by atoms with E-state index in [0.717, 1.165) is 22.5 Å². The molecular weight excluding hydrogens is 244 g/mol. The normalized spacial score (nSPS) is 10.5. The molecular formula is C13H12N4S. The van der Waals surface area contributed by atoms with Crippen LogP contribution in [-0.4, -0.2) is 14.5 Å². The van der Waals surface area contributed by atoms with Gasteiger partial charge in [-0.25, -0.2) is 9.97 Å². The van der Waals surface area contributed by atoms with Gasteiger partial charge in [0.15, 0.2) is 10.9 Å². The van der Waals surface area contributed by atoms with Crippen molar-refractivity contribution in [3.8, 4) is 5.82 Å². The molecule has 0 unspecified atom stereocenters. The highest BCUT2D eigenvalue weighted by atomic mass is 32.1. The van der Waals surface area contributed by atoms with E-state index in [9.17, 15) is 0 Å². The zero-order valence-corrected chi connectivity index (χ0v) is 10.7. The number of para-hydroxylation sites is 1. The lowest BCUT2D eigenvalue weighted by atomic mass is 10.3. The third kappa shape index (κ3) is 2.12. The Morgan fingerprint density at radius 3 is 2.78 bits per heavy atom.